The normalized spacial score (nSPS) is 29.0. The van der Waals surface area contributed by atoms with E-state index in [0.29, 0.717) is 24.3 Å². The van der Waals surface area contributed by atoms with Crippen LogP contribution in [0.25, 0.3) is 0 Å². The predicted octanol–water partition coefficient (Wildman–Crippen LogP) is -2.48. The highest BCUT2D eigenvalue weighted by molar-refractivity contribution is 6.13. The molecule has 14 heteroatoms. The van der Waals surface area contributed by atoms with Crippen LogP contribution in [0.2, 0.25) is 0 Å². The standard InChI is InChI=1S/C20H20O14/c21-5-12-17(30)19(32,15(28)6-1-8(22)13(26)9(23)2-6)20(33,18(31)34-12)16(29)7-3-10(24)14(27)11(25)4-7/h1-4,12,17-18,21-27,30-33H,5H2/t12-,17-,18-,19+,20+/m1/s1. The summed E-state index contributed by atoms with van der Waals surface area (Å²) in [6.45, 7) is -1.13. The van der Waals surface area contributed by atoms with Gasteiger partial charge in [-0.3, -0.25) is 9.59 Å². The van der Waals surface area contributed by atoms with E-state index in [1.54, 1.807) is 0 Å². The molecule has 0 saturated carbocycles. The highest BCUT2D eigenvalue weighted by atomic mass is 16.6. The summed E-state index contributed by atoms with van der Waals surface area (Å²) in [5.41, 5.74) is -9.31. The minimum absolute atomic E-state index is 0.496. The van der Waals surface area contributed by atoms with Gasteiger partial charge in [0, 0.05) is 11.1 Å². The van der Waals surface area contributed by atoms with Gasteiger partial charge in [0.15, 0.2) is 46.4 Å². The molecule has 1 aliphatic rings. The Labute approximate surface area is 189 Å². The zero-order valence-corrected chi connectivity index (χ0v) is 16.9. The Morgan fingerprint density at radius 2 is 1.09 bits per heavy atom. The molecule has 0 radical (unpaired) electrons. The molecule has 0 amide bonds. The van der Waals surface area contributed by atoms with E-state index in [9.17, 15) is 65.8 Å². The van der Waals surface area contributed by atoms with E-state index in [0.717, 1.165) is 0 Å². The lowest BCUT2D eigenvalue weighted by atomic mass is 9.66. The summed E-state index contributed by atoms with van der Waals surface area (Å²) in [4.78, 5) is 26.5. The lowest BCUT2D eigenvalue weighted by Gasteiger charge is -2.51. The van der Waals surface area contributed by atoms with E-state index >= 15 is 0 Å². The fourth-order valence-corrected chi connectivity index (χ4v) is 3.67. The molecule has 34 heavy (non-hydrogen) atoms. The molecule has 2 aromatic rings. The number of phenolic OH excluding ortho intramolecular Hbond substituents is 6. The van der Waals surface area contributed by atoms with Gasteiger partial charge < -0.3 is 60.9 Å². The maximum atomic E-state index is 13.3. The number of phenols is 6. The molecule has 1 heterocycles. The van der Waals surface area contributed by atoms with Crippen molar-refractivity contribution in [1.29, 1.82) is 0 Å². The van der Waals surface area contributed by atoms with Crippen molar-refractivity contribution >= 4 is 11.6 Å². The molecule has 0 bridgehead atoms. The summed E-state index contributed by atoms with van der Waals surface area (Å²) >= 11 is 0. The van der Waals surface area contributed by atoms with E-state index < -0.39 is 93.5 Å². The number of hydrogen-bond donors (Lipinski definition) is 11. The Hall–Kier alpha value is -3.66. The average molecular weight is 484 g/mol. The first kappa shape index (κ1) is 25.0. The number of aliphatic hydroxyl groups is 5. The van der Waals surface area contributed by atoms with Gasteiger partial charge in [0.05, 0.1) is 6.61 Å². The Morgan fingerprint density at radius 1 is 0.735 bits per heavy atom. The lowest BCUT2D eigenvalue weighted by molar-refractivity contribution is -0.330. The van der Waals surface area contributed by atoms with Gasteiger partial charge in [0.1, 0.15) is 12.2 Å². The first-order chi connectivity index (χ1) is 15.7. The average Bonchev–Trinajstić information content (AvgIpc) is 2.80. The summed E-state index contributed by atoms with van der Waals surface area (Å²) in [6.07, 6.45) is -7.38. The quantitative estimate of drug-likeness (QED) is 0.155. The van der Waals surface area contributed by atoms with Crippen molar-refractivity contribution in [3.63, 3.8) is 0 Å². The predicted molar refractivity (Wildman–Crippen MR) is 105 cm³/mol. The van der Waals surface area contributed by atoms with Crippen molar-refractivity contribution in [2.24, 2.45) is 0 Å². The van der Waals surface area contributed by atoms with Crippen molar-refractivity contribution in [3.8, 4) is 34.5 Å². The van der Waals surface area contributed by atoms with Gasteiger partial charge in [0.25, 0.3) is 0 Å². The second-order valence-electron chi connectivity index (χ2n) is 7.57. The molecule has 0 spiro atoms. The number of aliphatic hydroxyl groups excluding tert-OH is 3. The molecule has 0 aromatic heterocycles. The summed E-state index contributed by atoms with van der Waals surface area (Å²) < 4.78 is 4.80. The first-order valence-corrected chi connectivity index (χ1v) is 9.38. The molecule has 3 rings (SSSR count). The Kier molecular flexibility index (Phi) is 6.08. The molecule has 5 atom stereocenters. The third-order valence-electron chi connectivity index (χ3n) is 5.56. The lowest BCUT2D eigenvalue weighted by Crippen LogP contribution is -2.79. The SMILES string of the molecule is O=C(c1cc(O)c(O)c(O)c1)[C@]1(O)[C@H](O)O[C@H](CO)[C@@H](O)[C@@]1(O)C(=O)c1cc(O)c(O)c(O)c1. The van der Waals surface area contributed by atoms with Crippen LogP contribution in [-0.4, -0.2) is 104 Å². The van der Waals surface area contributed by atoms with Gasteiger partial charge in [-0.2, -0.15) is 0 Å². The van der Waals surface area contributed by atoms with Crippen LogP contribution in [0.15, 0.2) is 24.3 Å². The van der Waals surface area contributed by atoms with Gasteiger partial charge in [-0.25, -0.2) is 0 Å². The molecule has 11 N–H and O–H groups in total. The number of rotatable bonds is 5. The van der Waals surface area contributed by atoms with Crippen molar-refractivity contribution in [2.45, 2.75) is 29.7 Å². The Balaban J connectivity index is 2.26. The highest BCUT2D eigenvalue weighted by Crippen LogP contribution is 2.45. The van der Waals surface area contributed by atoms with E-state index in [-0.39, 0.29) is 0 Å². The third kappa shape index (κ3) is 3.37. The fraction of sp³-hybridized carbons (Fsp3) is 0.300. The van der Waals surface area contributed by atoms with Crippen molar-refractivity contribution in [1.82, 2.24) is 0 Å². The zero-order chi connectivity index (χ0) is 25.7. The Morgan fingerprint density at radius 3 is 1.44 bits per heavy atom. The zero-order valence-electron chi connectivity index (χ0n) is 16.9. The topological polar surface area (TPSA) is 266 Å². The van der Waals surface area contributed by atoms with Crippen LogP contribution in [0, 0.1) is 0 Å². The third-order valence-corrected chi connectivity index (χ3v) is 5.56. The second-order valence-corrected chi connectivity index (χ2v) is 7.57. The maximum Gasteiger partial charge on any atom is 0.217 e. The number of ketones is 2. The van der Waals surface area contributed by atoms with Gasteiger partial charge in [-0.1, -0.05) is 0 Å². The van der Waals surface area contributed by atoms with Crippen LogP contribution in [0.3, 0.4) is 0 Å². The van der Waals surface area contributed by atoms with E-state index in [1.807, 2.05) is 0 Å². The summed E-state index contributed by atoms with van der Waals surface area (Å²) in [6, 6.07) is 1.99. The summed E-state index contributed by atoms with van der Waals surface area (Å²) in [5, 5.41) is 111. The minimum atomic E-state index is -3.80. The van der Waals surface area contributed by atoms with Crippen LogP contribution in [0.1, 0.15) is 20.7 Å². The van der Waals surface area contributed by atoms with Crippen molar-refractivity contribution in [2.75, 3.05) is 6.61 Å². The number of ether oxygens (including phenoxy) is 1. The first-order valence-electron chi connectivity index (χ1n) is 9.38. The smallest absolute Gasteiger partial charge is 0.217 e. The van der Waals surface area contributed by atoms with E-state index in [4.69, 9.17) is 4.74 Å². The number of Topliss-reactive ketones (excluding diaryl/α,β-unsaturated/α-hetero) is 2. The second kappa shape index (κ2) is 8.28. The van der Waals surface area contributed by atoms with Gasteiger partial charge in [-0.15, -0.1) is 0 Å². The number of carbonyl (C=O) groups excluding carboxylic acids is 2. The van der Waals surface area contributed by atoms with Crippen LogP contribution in [0.4, 0.5) is 0 Å². The summed E-state index contributed by atoms with van der Waals surface area (Å²) in [7, 11) is 0. The maximum absolute atomic E-state index is 13.3. The van der Waals surface area contributed by atoms with Gasteiger partial charge in [0.2, 0.25) is 17.2 Å². The number of benzene rings is 2. The van der Waals surface area contributed by atoms with E-state index in [1.165, 1.54) is 0 Å². The van der Waals surface area contributed by atoms with Crippen molar-refractivity contribution < 1.29 is 70.5 Å². The monoisotopic (exact) mass is 484 g/mol. The van der Waals surface area contributed by atoms with Crippen LogP contribution in [-0.2, 0) is 4.74 Å². The molecule has 1 saturated heterocycles. The molecular weight excluding hydrogens is 464 g/mol. The Bertz CT molecular complexity index is 1120. The van der Waals surface area contributed by atoms with Crippen molar-refractivity contribution in [3.05, 3.63) is 35.4 Å². The van der Waals surface area contributed by atoms with Crippen LogP contribution < -0.4 is 0 Å². The highest BCUT2D eigenvalue weighted by Gasteiger charge is 2.72. The molecular formula is C20H20O14. The minimum Gasteiger partial charge on any atom is -0.504 e. The molecule has 0 unspecified atom stereocenters. The fourth-order valence-electron chi connectivity index (χ4n) is 3.67. The van der Waals surface area contributed by atoms with Crippen LogP contribution in [0.5, 0.6) is 34.5 Å². The number of aromatic hydroxyl groups is 6. The van der Waals surface area contributed by atoms with Crippen LogP contribution >= 0.6 is 0 Å². The number of carbonyl (C=O) groups is 2. The largest absolute Gasteiger partial charge is 0.504 e. The van der Waals surface area contributed by atoms with Gasteiger partial charge >= 0.3 is 0 Å². The van der Waals surface area contributed by atoms with E-state index in [2.05, 4.69) is 0 Å². The van der Waals surface area contributed by atoms with Gasteiger partial charge in [-0.05, 0) is 24.3 Å². The summed E-state index contributed by atoms with van der Waals surface area (Å²) in [5.74, 6) is -10.0. The molecule has 184 valence electrons. The number of hydrogen-bond acceptors (Lipinski definition) is 14. The molecule has 2 aromatic carbocycles. The molecule has 1 fully saturated rings. The molecule has 1 aliphatic heterocycles. The molecule has 0 aliphatic carbocycles. The molecule has 14 nitrogen and oxygen atoms in total.